The zero-order chi connectivity index (χ0) is 16.8. The first-order valence-corrected chi connectivity index (χ1v) is 7.14. The average Bonchev–Trinajstić information content (AvgIpc) is 2.56. The molecule has 0 spiro atoms. The number of carbonyl (C=O) groups excluding carboxylic acids is 2. The first-order valence-electron chi connectivity index (χ1n) is 7.14. The Morgan fingerprint density at radius 1 is 1.04 bits per heavy atom. The normalized spacial score (nSPS) is 11.4. The Bertz CT molecular complexity index is 701. The van der Waals surface area contributed by atoms with Crippen molar-refractivity contribution in [2.75, 3.05) is 17.7 Å². The molecule has 0 heterocycles. The summed E-state index contributed by atoms with van der Waals surface area (Å²) in [5.41, 5.74) is 1.68. The summed E-state index contributed by atoms with van der Waals surface area (Å²) in [5.74, 6) is -0.820. The Labute approximate surface area is 133 Å². The zero-order valence-electron chi connectivity index (χ0n) is 12.9. The van der Waals surface area contributed by atoms with E-state index in [1.54, 1.807) is 38.2 Å². The predicted octanol–water partition coefficient (Wildman–Crippen LogP) is 2.62. The summed E-state index contributed by atoms with van der Waals surface area (Å²) in [5, 5.41) is 8.26. The molecule has 3 N–H and O–H groups in total. The van der Waals surface area contributed by atoms with E-state index in [-0.39, 0.29) is 17.6 Å². The van der Waals surface area contributed by atoms with Crippen LogP contribution in [0.5, 0.6) is 0 Å². The summed E-state index contributed by atoms with van der Waals surface area (Å²) in [4.78, 5) is 23.7. The Morgan fingerprint density at radius 3 is 2.39 bits per heavy atom. The molecule has 2 amide bonds. The van der Waals surface area contributed by atoms with Crippen molar-refractivity contribution in [2.45, 2.75) is 13.0 Å². The Kier molecular flexibility index (Phi) is 5.30. The van der Waals surface area contributed by atoms with Gasteiger partial charge in [-0.05, 0) is 49.4 Å². The van der Waals surface area contributed by atoms with Gasteiger partial charge in [-0.1, -0.05) is 6.07 Å². The molecule has 5 nitrogen and oxygen atoms in total. The highest BCUT2D eigenvalue weighted by molar-refractivity contribution is 5.97. The molecule has 2 aromatic rings. The largest absolute Gasteiger partial charge is 0.374 e. The number of rotatable bonds is 5. The highest BCUT2D eigenvalue weighted by Crippen LogP contribution is 2.13. The van der Waals surface area contributed by atoms with Crippen molar-refractivity contribution < 1.29 is 14.0 Å². The van der Waals surface area contributed by atoms with Crippen LogP contribution in [0, 0.1) is 5.82 Å². The first kappa shape index (κ1) is 16.5. The molecule has 0 aliphatic rings. The van der Waals surface area contributed by atoms with Crippen molar-refractivity contribution >= 4 is 23.2 Å². The highest BCUT2D eigenvalue weighted by atomic mass is 19.1. The van der Waals surface area contributed by atoms with Gasteiger partial charge in [0.25, 0.3) is 5.91 Å². The molecular formula is C17H18FN3O2. The summed E-state index contributed by atoms with van der Waals surface area (Å²) >= 11 is 0. The van der Waals surface area contributed by atoms with Gasteiger partial charge in [0.05, 0.1) is 0 Å². The van der Waals surface area contributed by atoms with Crippen LogP contribution in [0.15, 0.2) is 48.5 Å². The maximum absolute atomic E-state index is 12.8. The number of anilines is 2. The number of halogens is 1. The topological polar surface area (TPSA) is 70.2 Å². The van der Waals surface area contributed by atoms with Gasteiger partial charge in [-0.25, -0.2) is 4.39 Å². The molecule has 0 saturated carbocycles. The molecular weight excluding hydrogens is 297 g/mol. The maximum atomic E-state index is 12.8. The van der Waals surface area contributed by atoms with Crippen LogP contribution in [-0.2, 0) is 4.79 Å². The Hall–Kier alpha value is -2.89. The van der Waals surface area contributed by atoms with Gasteiger partial charge >= 0.3 is 0 Å². The number of hydrogen-bond acceptors (Lipinski definition) is 3. The standard InChI is InChI=1S/C17H18FN3O2/c1-11(16(22)21-14-8-6-13(18)7-9-14)20-15-5-3-4-12(10-15)17(23)19-2/h3-11,20H,1-2H3,(H,19,23)(H,21,22)/t11-/m0/s1. The smallest absolute Gasteiger partial charge is 0.251 e. The van der Waals surface area contributed by atoms with E-state index in [1.165, 1.54) is 24.3 Å². The molecule has 6 heteroatoms. The minimum atomic E-state index is -0.528. The predicted molar refractivity (Wildman–Crippen MR) is 87.9 cm³/mol. The van der Waals surface area contributed by atoms with Crippen LogP contribution >= 0.6 is 0 Å². The van der Waals surface area contributed by atoms with E-state index >= 15 is 0 Å². The van der Waals surface area contributed by atoms with Crippen molar-refractivity contribution in [3.05, 3.63) is 59.9 Å². The number of hydrogen-bond donors (Lipinski definition) is 3. The van der Waals surface area contributed by atoms with E-state index in [1.807, 2.05) is 0 Å². The second-order valence-corrected chi connectivity index (χ2v) is 5.02. The number of amides is 2. The van der Waals surface area contributed by atoms with Crippen LogP contribution in [0.1, 0.15) is 17.3 Å². The lowest BCUT2D eigenvalue weighted by Gasteiger charge is -2.16. The van der Waals surface area contributed by atoms with Crippen molar-refractivity contribution in [1.82, 2.24) is 5.32 Å². The van der Waals surface area contributed by atoms with Gasteiger partial charge in [-0.2, -0.15) is 0 Å². The van der Waals surface area contributed by atoms with E-state index in [4.69, 9.17) is 0 Å². The van der Waals surface area contributed by atoms with Crippen LogP contribution in [0.4, 0.5) is 15.8 Å². The van der Waals surface area contributed by atoms with Gasteiger partial charge in [-0.3, -0.25) is 9.59 Å². The molecule has 0 aromatic heterocycles. The van der Waals surface area contributed by atoms with Gasteiger partial charge in [0.15, 0.2) is 0 Å². The molecule has 2 rings (SSSR count). The van der Waals surface area contributed by atoms with E-state index in [9.17, 15) is 14.0 Å². The van der Waals surface area contributed by atoms with E-state index in [0.29, 0.717) is 16.9 Å². The van der Waals surface area contributed by atoms with Gasteiger partial charge in [0.1, 0.15) is 11.9 Å². The fourth-order valence-electron chi connectivity index (χ4n) is 1.99. The summed E-state index contributed by atoms with van der Waals surface area (Å²) in [6, 6.07) is 11.9. The molecule has 0 fully saturated rings. The molecule has 0 saturated heterocycles. The maximum Gasteiger partial charge on any atom is 0.251 e. The SMILES string of the molecule is CNC(=O)c1cccc(N[C@@H](C)C(=O)Nc2ccc(F)cc2)c1. The summed E-state index contributed by atoms with van der Waals surface area (Å²) < 4.78 is 12.8. The molecule has 0 bridgehead atoms. The summed E-state index contributed by atoms with van der Waals surface area (Å²) in [7, 11) is 1.56. The van der Waals surface area contributed by atoms with Crippen LogP contribution in [-0.4, -0.2) is 24.9 Å². The van der Waals surface area contributed by atoms with Crippen LogP contribution < -0.4 is 16.0 Å². The molecule has 120 valence electrons. The van der Waals surface area contributed by atoms with Crippen LogP contribution in [0.25, 0.3) is 0 Å². The van der Waals surface area contributed by atoms with E-state index in [2.05, 4.69) is 16.0 Å². The van der Waals surface area contributed by atoms with Gasteiger partial charge in [0.2, 0.25) is 5.91 Å². The van der Waals surface area contributed by atoms with Crippen molar-refractivity contribution in [1.29, 1.82) is 0 Å². The van der Waals surface area contributed by atoms with E-state index < -0.39 is 6.04 Å². The molecule has 2 aromatic carbocycles. The second kappa shape index (κ2) is 7.40. The highest BCUT2D eigenvalue weighted by Gasteiger charge is 2.13. The van der Waals surface area contributed by atoms with Gasteiger partial charge in [-0.15, -0.1) is 0 Å². The fraction of sp³-hybridized carbons (Fsp3) is 0.176. The lowest BCUT2D eigenvalue weighted by Crippen LogP contribution is -2.32. The third-order valence-corrected chi connectivity index (χ3v) is 3.24. The molecule has 0 radical (unpaired) electrons. The number of nitrogens with one attached hydrogen (secondary N) is 3. The van der Waals surface area contributed by atoms with Crippen LogP contribution in [0.3, 0.4) is 0 Å². The minimum absolute atomic E-state index is 0.197. The quantitative estimate of drug-likeness (QED) is 0.794. The second-order valence-electron chi connectivity index (χ2n) is 5.02. The van der Waals surface area contributed by atoms with Crippen molar-refractivity contribution in [3.63, 3.8) is 0 Å². The molecule has 0 aliphatic carbocycles. The van der Waals surface area contributed by atoms with Crippen molar-refractivity contribution in [2.24, 2.45) is 0 Å². The molecule has 0 aliphatic heterocycles. The van der Waals surface area contributed by atoms with E-state index in [0.717, 1.165) is 0 Å². The molecule has 23 heavy (non-hydrogen) atoms. The molecule has 0 unspecified atom stereocenters. The summed E-state index contributed by atoms with van der Waals surface area (Å²) in [6.07, 6.45) is 0. The summed E-state index contributed by atoms with van der Waals surface area (Å²) in [6.45, 7) is 1.70. The third-order valence-electron chi connectivity index (χ3n) is 3.24. The third kappa shape index (κ3) is 4.54. The Balaban J connectivity index is 2.00. The van der Waals surface area contributed by atoms with Gasteiger partial charge in [0, 0.05) is 24.0 Å². The fourth-order valence-corrected chi connectivity index (χ4v) is 1.99. The lowest BCUT2D eigenvalue weighted by molar-refractivity contribution is -0.116. The van der Waals surface area contributed by atoms with Crippen LogP contribution in [0.2, 0.25) is 0 Å². The zero-order valence-corrected chi connectivity index (χ0v) is 12.9. The number of carbonyl (C=O) groups is 2. The van der Waals surface area contributed by atoms with Gasteiger partial charge < -0.3 is 16.0 Å². The first-order chi connectivity index (χ1) is 11.0. The van der Waals surface area contributed by atoms with Crippen molar-refractivity contribution in [3.8, 4) is 0 Å². The molecule has 1 atom stereocenters. The number of benzene rings is 2. The average molecular weight is 315 g/mol. The minimum Gasteiger partial charge on any atom is -0.374 e. The lowest BCUT2D eigenvalue weighted by atomic mass is 10.1. The monoisotopic (exact) mass is 315 g/mol. The Morgan fingerprint density at radius 2 is 1.74 bits per heavy atom.